The van der Waals surface area contributed by atoms with Gasteiger partial charge in [-0.3, -0.25) is 14.6 Å². The average Bonchev–Trinajstić information content (AvgIpc) is 3.19. The molecule has 3 rings (SSSR count). The van der Waals surface area contributed by atoms with E-state index < -0.39 is 0 Å². The van der Waals surface area contributed by atoms with Crippen LogP contribution in [0.2, 0.25) is 0 Å². The molecule has 0 radical (unpaired) electrons. The molecule has 0 aliphatic carbocycles. The van der Waals surface area contributed by atoms with Crippen LogP contribution in [0.4, 0.5) is 5.69 Å². The number of benzene rings is 1. The van der Waals surface area contributed by atoms with Crippen LogP contribution in [0.3, 0.4) is 0 Å². The van der Waals surface area contributed by atoms with Crippen molar-refractivity contribution in [3.63, 3.8) is 0 Å². The number of rotatable bonds is 4. The summed E-state index contributed by atoms with van der Waals surface area (Å²) in [5.41, 5.74) is 3.28. The quantitative estimate of drug-likeness (QED) is 0.928. The maximum Gasteiger partial charge on any atom is 0.241 e. The molecule has 1 amide bonds. The molecule has 23 heavy (non-hydrogen) atoms. The van der Waals surface area contributed by atoms with Crippen LogP contribution < -0.4 is 5.32 Å². The Hall–Kier alpha value is -1.39. The molecule has 2 heterocycles. The summed E-state index contributed by atoms with van der Waals surface area (Å²) >= 11 is 0. The van der Waals surface area contributed by atoms with Gasteiger partial charge in [-0.15, -0.1) is 0 Å². The van der Waals surface area contributed by atoms with Gasteiger partial charge in [-0.2, -0.15) is 0 Å². The standard InChI is InChI=1S/C19H29N3O/c1-14-6-7-18(15(2)12-14)20-19(23)16(3)22-11-8-17(13-22)21-9-4-5-10-21/h6-7,12,16-17H,4-5,8-11,13H2,1-3H3,(H,20,23)/t16-,17-/m1/s1. The van der Waals surface area contributed by atoms with Gasteiger partial charge >= 0.3 is 0 Å². The Bertz CT molecular complexity index is 566. The summed E-state index contributed by atoms with van der Waals surface area (Å²) in [6, 6.07) is 6.75. The van der Waals surface area contributed by atoms with Crippen molar-refractivity contribution in [1.82, 2.24) is 9.80 Å². The molecule has 2 aliphatic rings. The molecule has 0 unspecified atom stereocenters. The number of amides is 1. The summed E-state index contributed by atoms with van der Waals surface area (Å²) in [6.45, 7) is 10.7. The van der Waals surface area contributed by atoms with E-state index in [1.54, 1.807) is 0 Å². The van der Waals surface area contributed by atoms with E-state index in [1.165, 1.54) is 37.9 Å². The van der Waals surface area contributed by atoms with Gasteiger partial charge in [-0.1, -0.05) is 17.7 Å². The Balaban J connectivity index is 1.57. The van der Waals surface area contributed by atoms with Gasteiger partial charge in [0.1, 0.15) is 0 Å². The molecule has 0 spiro atoms. The van der Waals surface area contributed by atoms with Gasteiger partial charge in [0.05, 0.1) is 6.04 Å². The monoisotopic (exact) mass is 315 g/mol. The molecule has 0 saturated carbocycles. The van der Waals surface area contributed by atoms with Crippen LogP contribution in [0.1, 0.15) is 37.3 Å². The minimum Gasteiger partial charge on any atom is -0.324 e. The summed E-state index contributed by atoms with van der Waals surface area (Å²) < 4.78 is 0. The summed E-state index contributed by atoms with van der Waals surface area (Å²) in [6.07, 6.45) is 3.86. The van der Waals surface area contributed by atoms with Crippen LogP contribution in [-0.2, 0) is 4.79 Å². The van der Waals surface area contributed by atoms with Crippen LogP contribution >= 0.6 is 0 Å². The van der Waals surface area contributed by atoms with Gasteiger partial charge in [0.2, 0.25) is 5.91 Å². The summed E-state index contributed by atoms with van der Waals surface area (Å²) in [4.78, 5) is 17.5. The first-order valence-electron chi connectivity index (χ1n) is 8.91. The third-order valence-electron chi connectivity index (χ3n) is 5.42. The number of carbonyl (C=O) groups is 1. The summed E-state index contributed by atoms with van der Waals surface area (Å²) in [5.74, 6) is 0.110. The Labute approximate surface area is 139 Å². The lowest BCUT2D eigenvalue weighted by molar-refractivity contribution is -0.120. The molecule has 4 nitrogen and oxygen atoms in total. The maximum absolute atomic E-state index is 12.6. The molecule has 1 aromatic carbocycles. The zero-order chi connectivity index (χ0) is 16.4. The van der Waals surface area contributed by atoms with Crippen LogP contribution in [0.25, 0.3) is 0 Å². The number of likely N-dealkylation sites (tertiary alicyclic amines) is 2. The first-order chi connectivity index (χ1) is 11.0. The Morgan fingerprint density at radius 2 is 1.96 bits per heavy atom. The predicted octanol–water partition coefficient (Wildman–Crippen LogP) is 2.80. The topological polar surface area (TPSA) is 35.6 Å². The van der Waals surface area contributed by atoms with Crippen LogP contribution in [-0.4, -0.2) is 54.0 Å². The van der Waals surface area contributed by atoms with Gasteiger partial charge in [0.25, 0.3) is 0 Å². The molecule has 1 aromatic rings. The first-order valence-corrected chi connectivity index (χ1v) is 8.91. The molecule has 2 aliphatic heterocycles. The van der Waals surface area contributed by atoms with Gasteiger partial charge in [0, 0.05) is 24.8 Å². The Morgan fingerprint density at radius 1 is 1.22 bits per heavy atom. The van der Waals surface area contributed by atoms with Crippen molar-refractivity contribution in [2.75, 3.05) is 31.5 Å². The molecular formula is C19H29N3O. The number of aryl methyl sites for hydroxylation is 2. The summed E-state index contributed by atoms with van der Waals surface area (Å²) in [5, 5.41) is 3.10. The molecule has 4 heteroatoms. The number of hydrogen-bond acceptors (Lipinski definition) is 3. The second-order valence-corrected chi connectivity index (χ2v) is 7.16. The SMILES string of the molecule is Cc1ccc(NC(=O)[C@@H](C)N2CC[C@@H](N3CCCC3)C2)c(C)c1. The van der Waals surface area contributed by atoms with Crippen molar-refractivity contribution in [3.05, 3.63) is 29.3 Å². The summed E-state index contributed by atoms with van der Waals surface area (Å²) in [7, 11) is 0. The largest absolute Gasteiger partial charge is 0.324 e. The number of nitrogens with zero attached hydrogens (tertiary/aromatic N) is 2. The highest BCUT2D eigenvalue weighted by molar-refractivity contribution is 5.95. The van der Waals surface area contributed by atoms with Crippen molar-refractivity contribution in [1.29, 1.82) is 0 Å². The van der Waals surface area contributed by atoms with E-state index in [0.717, 1.165) is 24.3 Å². The highest BCUT2D eigenvalue weighted by atomic mass is 16.2. The minimum absolute atomic E-state index is 0.0664. The number of anilines is 1. The Morgan fingerprint density at radius 3 is 2.65 bits per heavy atom. The van der Waals surface area contributed by atoms with Crippen molar-refractivity contribution in [2.24, 2.45) is 0 Å². The van der Waals surface area contributed by atoms with Gasteiger partial charge in [0.15, 0.2) is 0 Å². The second-order valence-electron chi connectivity index (χ2n) is 7.16. The smallest absolute Gasteiger partial charge is 0.241 e. The van der Waals surface area contributed by atoms with Gasteiger partial charge < -0.3 is 5.32 Å². The van der Waals surface area contributed by atoms with Crippen molar-refractivity contribution in [2.45, 2.75) is 52.1 Å². The molecule has 2 fully saturated rings. The minimum atomic E-state index is -0.0664. The van der Waals surface area contributed by atoms with E-state index in [-0.39, 0.29) is 11.9 Å². The fourth-order valence-electron chi connectivity index (χ4n) is 3.88. The van der Waals surface area contributed by atoms with Crippen molar-refractivity contribution >= 4 is 11.6 Å². The molecule has 126 valence electrons. The number of carbonyl (C=O) groups excluding carboxylic acids is 1. The maximum atomic E-state index is 12.6. The van der Waals surface area contributed by atoms with E-state index in [4.69, 9.17) is 0 Å². The van der Waals surface area contributed by atoms with Crippen LogP contribution in [0.15, 0.2) is 18.2 Å². The first kappa shape index (κ1) is 16.5. The van der Waals surface area contributed by atoms with Gasteiger partial charge in [-0.05, 0) is 64.8 Å². The molecule has 0 bridgehead atoms. The fraction of sp³-hybridized carbons (Fsp3) is 0.632. The molecule has 2 saturated heterocycles. The zero-order valence-corrected chi connectivity index (χ0v) is 14.6. The van der Waals surface area contributed by atoms with Crippen LogP contribution in [0.5, 0.6) is 0 Å². The predicted molar refractivity (Wildman–Crippen MR) is 94.8 cm³/mol. The van der Waals surface area contributed by atoms with E-state index >= 15 is 0 Å². The zero-order valence-electron chi connectivity index (χ0n) is 14.6. The lowest BCUT2D eigenvalue weighted by Gasteiger charge is -2.26. The fourth-order valence-corrected chi connectivity index (χ4v) is 3.88. The third kappa shape index (κ3) is 3.75. The second kappa shape index (κ2) is 7.02. The van der Waals surface area contributed by atoms with E-state index in [0.29, 0.717) is 6.04 Å². The highest BCUT2D eigenvalue weighted by Crippen LogP contribution is 2.23. The van der Waals surface area contributed by atoms with E-state index in [1.807, 2.05) is 26.0 Å². The number of hydrogen-bond donors (Lipinski definition) is 1. The van der Waals surface area contributed by atoms with Crippen molar-refractivity contribution in [3.8, 4) is 0 Å². The highest BCUT2D eigenvalue weighted by Gasteiger charge is 2.33. The molecule has 0 aromatic heterocycles. The molecule has 2 atom stereocenters. The van der Waals surface area contributed by atoms with E-state index in [9.17, 15) is 4.79 Å². The Kier molecular flexibility index (Phi) is 5.02. The average molecular weight is 315 g/mol. The molecule has 1 N–H and O–H groups in total. The van der Waals surface area contributed by atoms with Crippen LogP contribution in [0, 0.1) is 13.8 Å². The molecular weight excluding hydrogens is 286 g/mol. The lowest BCUT2D eigenvalue weighted by atomic mass is 10.1. The normalized spacial score (nSPS) is 24.0. The van der Waals surface area contributed by atoms with Crippen molar-refractivity contribution < 1.29 is 4.79 Å². The van der Waals surface area contributed by atoms with Gasteiger partial charge in [-0.25, -0.2) is 0 Å². The lowest BCUT2D eigenvalue weighted by Crippen LogP contribution is -2.43. The van der Waals surface area contributed by atoms with E-state index in [2.05, 4.69) is 28.1 Å². The number of nitrogens with one attached hydrogen (secondary N) is 1. The third-order valence-corrected chi connectivity index (χ3v) is 5.42.